The van der Waals surface area contributed by atoms with E-state index in [1.807, 2.05) is 57.2 Å². The van der Waals surface area contributed by atoms with E-state index in [4.69, 9.17) is 4.74 Å². The van der Waals surface area contributed by atoms with Crippen LogP contribution in [-0.2, 0) is 16.1 Å². The van der Waals surface area contributed by atoms with Gasteiger partial charge in [-0.1, -0.05) is 41.1 Å². The molecule has 1 atom stereocenters. The monoisotopic (exact) mass is 460 g/mol. The molecule has 0 fully saturated rings. The third-order valence-corrected chi connectivity index (χ3v) is 5.07. The molecule has 6 heteroatoms. The minimum atomic E-state index is -0.597. The van der Waals surface area contributed by atoms with E-state index in [-0.39, 0.29) is 18.4 Å². The average molecular weight is 461 g/mol. The Balaban J connectivity index is 2.14. The predicted molar refractivity (Wildman–Crippen MR) is 119 cm³/mol. The van der Waals surface area contributed by atoms with E-state index in [0.717, 1.165) is 27.6 Å². The molecule has 0 saturated heterocycles. The lowest BCUT2D eigenvalue weighted by Crippen LogP contribution is -2.49. The van der Waals surface area contributed by atoms with Gasteiger partial charge in [-0.2, -0.15) is 0 Å². The molecule has 2 amide bonds. The number of aryl methyl sites for hydroxylation is 2. The minimum absolute atomic E-state index is 0.120. The number of rotatable bonds is 9. The number of halogens is 1. The van der Waals surface area contributed by atoms with Gasteiger partial charge in [0, 0.05) is 17.6 Å². The Morgan fingerprint density at radius 3 is 2.31 bits per heavy atom. The topological polar surface area (TPSA) is 58.6 Å². The van der Waals surface area contributed by atoms with Crippen LogP contribution in [0.4, 0.5) is 0 Å². The lowest BCUT2D eigenvalue weighted by molar-refractivity contribution is -0.142. The fourth-order valence-corrected chi connectivity index (χ4v) is 3.27. The number of carbonyl (C=O) groups excluding carboxylic acids is 2. The number of hydrogen-bond acceptors (Lipinski definition) is 3. The summed E-state index contributed by atoms with van der Waals surface area (Å²) in [5.74, 6) is 0.262. The molecular weight excluding hydrogens is 432 g/mol. The van der Waals surface area contributed by atoms with Crippen LogP contribution in [-0.4, -0.2) is 35.9 Å². The number of carbonyl (C=O) groups is 2. The van der Waals surface area contributed by atoms with Gasteiger partial charge in [-0.15, -0.1) is 0 Å². The van der Waals surface area contributed by atoms with Gasteiger partial charge in [-0.3, -0.25) is 9.59 Å². The molecule has 156 valence electrons. The Morgan fingerprint density at radius 2 is 1.72 bits per heavy atom. The van der Waals surface area contributed by atoms with E-state index in [1.165, 1.54) is 0 Å². The van der Waals surface area contributed by atoms with Gasteiger partial charge in [-0.05, 0) is 68.1 Å². The van der Waals surface area contributed by atoms with E-state index in [0.29, 0.717) is 18.8 Å². The van der Waals surface area contributed by atoms with Crippen LogP contribution in [0.15, 0.2) is 46.9 Å². The summed E-state index contributed by atoms with van der Waals surface area (Å²) in [5, 5.41) is 2.87. The van der Waals surface area contributed by atoms with Crippen molar-refractivity contribution in [2.45, 2.75) is 46.7 Å². The van der Waals surface area contributed by atoms with Gasteiger partial charge in [-0.25, -0.2) is 0 Å². The van der Waals surface area contributed by atoms with E-state index < -0.39 is 6.04 Å². The van der Waals surface area contributed by atoms with E-state index in [2.05, 4.69) is 27.3 Å². The van der Waals surface area contributed by atoms with Crippen LogP contribution >= 0.6 is 15.9 Å². The molecule has 2 rings (SSSR count). The Hall–Kier alpha value is -2.34. The van der Waals surface area contributed by atoms with Crippen molar-refractivity contribution in [1.82, 2.24) is 10.2 Å². The summed E-state index contributed by atoms with van der Waals surface area (Å²) in [6, 6.07) is 13.0. The Morgan fingerprint density at radius 1 is 1.10 bits per heavy atom. The van der Waals surface area contributed by atoms with Crippen LogP contribution in [0.1, 0.15) is 37.0 Å². The van der Waals surface area contributed by atoms with Crippen LogP contribution in [0.5, 0.6) is 5.75 Å². The molecule has 0 spiro atoms. The van der Waals surface area contributed by atoms with Crippen molar-refractivity contribution in [3.63, 3.8) is 0 Å². The maximum absolute atomic E-state index is 13.0. The minimum Gasteiger partial charge on any atom is -0.484 e. The Bertz CT molecular complexity index is 816. The first kappa shape index (κ1) is 22.9. The van der Waals surface area contributed by atoms with E-state index >= 15 is 0 Å². The number of ether oxygens (including phenoxy) is 1. The first-order valence-electron chi connectivity index (χ1n) is 9.83. The molecule has 0 radical (unpaired) electrons. The second-order valence-corrected chi connectivity index (χ2v) is 8.14. The normalized spacial score (nSPS) is 11.6. The van der Waals surface area contributed by atoms with Gasteiger partial charge in [0.25, 0.3) is 5.91 Å². The standard InChI is InChI=1S/C23H29BrN2O3/c1-5-10-25-23(28)18(4)26(14-19-6-8-20(24)9-7-19)22(27)15-29-21-12-16(2)11-17(3)13-21/h6-9,11-13,18H,5,10,14-15H2,1-4H3,(H,25,28)/t18-/m1/s1. The number of amides is 2. The molecule has 0 aliphatic heterocycles. The molecule has 2 aromatic rings. The number of hydrogen-bond donors (Lipinski definition) is 1. The van der Waals surface area contributed by atoms with Crippen LogP contribution in [0.3, 0.4) is 0 Å². The summed E-state index contributed by atoms with van der Waals surface area (Å²) >= 11 is 3.42. The highest BCUT2D eigenvalue weighted by atomic mass is 79.9. The highest BCUT2D eigenvalue weighted by Gasteiger charge is 2.26. The van der Waals surface area contributed by atoms with Crippen molar-refractivity contribution in [2.75, 3.05) is 13.2 Å². The maximum atomic E-state index is 13.0. The molecule has 0 aromatic heterocycles. The number of nitrogens with one attached hydrogen (secondary N) is 1. The smallest absolute Gasteiger partial charge is 0.261 e. The summed E-state index contributed by atoms with van der Waals surface area (Å²) in [7, 11) is 0. The molecular formula is C23H29BrN2O3. The zero-order chi connectivity index (χ0) is 21.4. The second-order valence-electron chi connectivity index (χ2n) is 7.23. The van der Waals surface area contributed by atoms with Crippen LogP contribution < -0.4 is 10.1 Å². The third kappa shape index (κ3) is 7.20. The Labute approximate surface area is 181 Å². The van der Waals surface area contributed by atoms with Gasteiger partial charge in [0.15, 0.2) is 6.61 Å². The first-order valence-corrected chi connectivity index (χ1v) is 10.6. The molecule has 2 aromatic carbocycles. The molecule has 0 bridgehead atoms. The molecule has 0 aliphatic rings. The van der Waals surface area contributed by atoms with E-state index in [9.17, 15) is 9.59 Å². The van der Waals surface area contributed by atoms with Crippen molar-refractivity contribution in [1.29, 1.82) is 0 Å². The number of nitrogens with zero attached hydrogens (tertiary/aromatic N) is 1. The molecule has 0 saturated carbocycles. The summed E-state index contributed by atoms with van der Waals surface area (Å²) in [6.45, 7) is 8.52. The Kier molecular flexibility index (Phi) is 8.70. The van der Waals surface area contributed by atoms with Crippen LogP contribution in [0, 0.1) is 13.8 Å². The quantitative estimate of drug-likeness (QED) is 0.603. The fourth-order valence-electron chi connectivity index (χ4n) is 3.01. The molecule has 0 heterocycles. The highest BCUT2D eigenvalue weighted by molar-refractivity contribution is 9.10. The van der Waals surface area contributed by atoms with Gasteiger partial charge >= 0.3 is 0 Å². The first-order chi connectivity index (χ1) is 13.8. The SMILES string of the molecule is CCCNC(=O)[C@@H](C)N(Cc1ccc(Br)cc1)C(=O)COc1cc(C)cc(C)c1. The zero-order valence-corrected chi connectivity index (χ0v) is 19.1. The fraction of sp³-hybridized carbons (Fsp3) is 0.391. The molecule has 0 unspecified atom stereocenters. The summed E-state index contributed by atoms with van der Waals surface area (Å²) in [6.07, 6.45) is 0.842. The lowest BCUT2D eigenvalue weighted by Gasteiger charge is -2.28. The average Bonchev–Trinajstić information content (AvgIpc) is 2.68. The largest absolute Gasteiger partial charge is 0.484 e. The van der Waals surface area contributed by atoms with E-state index in [1.54, 1.807) is 11.8 Å². The van der Waals surface area contributed by atoms with Crippen molar-refractivity contribution < 1.29 is 14.3 Å². The number of benzene rings is 2. The van der Waals surface area contributed by atoms with Crippen molar-refractivity contribution in [3.8, 4) is 5.75 Å². The van der Waals surface area contributed by atoms with Gasteiger partial charge < -0.3 is 15.0 Å². The molecule has 1 N–H and O–H groups in total. The summed E-state index contributed by atoms with van der Waals surface area (Å²) < 4.78 is 6.71. The second kappa shape index (κ2) is 11.0. The summed E-state index contributed by atoms with van der Waals surface area (Å²) in [5.41, 5.74) is 3.10. The molecule has 5 nitrogen and oxygen atoms in total. The van der Waals surface area contributed by atoms with Crippen molar-refractivity contribution in [3.05, 3.63) is 63.6 Å². The van der Waals surface area contributed by atoms with Gasteiger partial charge in [0.1, 0.15) is 11.8 Å². The molecule has 29 heavy (non-hydrogen) atoms. The van der Waals surface area contributed by atoms with Crippen molar-refractivity contribution in [2.24, 2.45) is 0 Å². The van der Waals surface area contributed by atoms with Crippen LogP contribution in [0.25, 0.3) is 0 Å². The van der Waals surface area contributed by atoms with Crippen LogP contribution in [0.2, 0.25) is 0 Å². The summed E-state index contributed by atoms with van der Waals surface area (Å²) in [4.78, 5) is 27.1. The van der Waals surface area contributed by atoms with Gasteiger partial charge in [0.2, 0.25) is 5.91 Å². The third-order valence-electron chi connectivity index (χ3n) is 4.54. The maximum Gasteiger partial charge on any atom is 0.261 e. The van der Waals surface area contributed by atoms with Crippen molar-refractivity contribution >= 4 is 27.7 Å². The predicted octanol–water partition coefficient (Wildman–Crippen LogP) is 4.39. The highest BCUT2D eigenvalue weighted by Crippen LogP contribution is 2.18. The van der Waals surface area contributed by atoms with Gasteiger partial charge in [0.05, 0.1) is 0 Å². The zero-order valence-electron chi connectivity index (χ0n) is 17.5. The molecule has 0 aliphatic carbocycles. The lowest BCUT2D eigenvalue weighted by atomic mass is 10.1.